The normalized spacial score (nSPS) is 20.6. The van der Waals surface area contributed by atoms with Gasteiger partial charge in [-0.3, -0.25) is 0 Å². The molecule has 2 rings (SSSR count). The Morgan fingerprint density at radius 1 is 1.37 bits per heavy atom. The van der Waals surface area contributed by atoms with Crippen LogP contribution in [0.4, 0.5) is 5.95 Å². The average Bonchev–Trinajstić information content (AvgIpc) is 2.37. The largest absolute Gasteiger partial charge is 0.336 e. The van der Waals surface area contributed by atoms with Crippen molar-refractivity contribution in [1.29, 1.82) is 0 Å². The van der Waals surface area contributed by atoms with E-state index < -0.39 is 0 Å². The number of hydrogen-bond donors (Lipinski definition) is 1. The molecule has 1 N–H and O–H groups in total. The van der Waals surface area contributed by atoms with E-state index in [9.17, 15) is 0 Å². The summed E-state index contributed by atoms with van der Waals surface area (Å²) < 4.78 is 0. The molecule has 1 saturated heterocycles. The van der Waals surface area contributed by atoms with E-state index in [2.05, 4.69) is 47.9 Å². The third kappa shape index (κ3) is 4.35. The fourth-order valence-corrected chi connectivity index (χ4v) is 2.99. The minimum atomic E-state index is 0.122. The lowest BCUT2D eigenvalue weighted by atomic mass is 10.1. The SMILES string of the molecule is CC1CSCCN1c1ncc(CNC(C)(C)C)cn1. The van der Waals surface area contributed by atoms with Crippen molar-refractivity contribution < 1.29 is 0 Å². The molecule has 1 fully saturated rings. The Kier molecular flexibility index (Phi) is 4.68. The molecule has 0 saturated carbocycles. The zero-order valence-electron chi connectivity index (χ0n) is 12.3. The van der Waals surface area contributed by atoms with Crippen molar-refractivity contribution in [3.8, 4) is 0 Å². The number of hydrogen-bond acceptors (Lipinski definition) is 5. The van der Waals surface area contributed by atoms with Crippen molar-refractivity contribution in [3.05, 3.63) is 18.0 Å². The number of anilines is 1. The number of rotatable bonds is 3. The lowest BCUT2D eigenvalue weighted by Crippen LogP contribution is -2.41. The van der Waals surface area contributed by atoms with E-state index in [1.54, 1.807) is 0 Å². The first-order chi connectivity index (χ1) is 8.96. The highest BCUT2D eigenvalue weighted by Gasteiger charge is 2.20. The smallest absolute Gasteiger partial charge is 0.225 e. The molecule has 0 spiro atoms. The highest BCUT2D eigenvalue weighted by molar-refractivity contribution is 7.99. The summed E-state index contributed by atoms with van der Waals surface area (Å²) in [7, 11) is 0. The summed E-state index contributed by atoms with van der Waals surface area (Å²) in [4.78, 5) is 11.3. The molecule has 4 nitrogen and oxygen atoms in total. The van der Waals surface area contributed by atoms with Gasteiger partial charge in [0.2, 0.25) is 5.95 Å². The molecule has 0 bridgehead atoms. The molecule has 1 unspecified atom stereocenters. The first kappa shape index (κ1) is 14.6. The molecule has 1 aromatic rings. The zero-order chi connectivity index (χ0) is 13.9. The summed E-state index contributed by atoms with van der Waals surface area (Å²) in [6, 6.07) is 0.525. The standard InChI is InChI=1S/C14H24N4S/c1-11-10-19-6-5-18(11)13-15-7-12(8-16-13)9-17-14(2,3)4/h7-8,11,17H,5-6,9-10H2,1-4H3. The van der Waals surface area contributed by atoms with Gasteiger partial charge in [-0.25, -0.2) is 9.97 Å². The molecule has 5 heteroatoms. The van der Waals surface area contributed by atoms with Crippen LogP contribution in [0.15, 0.2) is 12.4 Å². The molecule has 0 aromatic carbocycles. The molecule has 2 heterocycles. The van der Waals surface area contributed by atoms with Crippen molar-refractivity contribution >= 4 is 17.7 Å². The minimum Gasteiger partial charge on any atom is -0.336 e. The topological polar surface area (TPSA) is 41.1 Å². The van der Waals surface area contributed by atoms with Gasteiger partial charge < -0.3 is 10.2 Å². The molecule has 0 aliphatic carbocycles. The van der Waals surface area contributed by atoms with E-state index >= 15 is 0 Å². The monoisotopic (exact) mass is 280 g/mol. The quantitative estimate of drug-likeness (QED) is 0.920. The van der Waals surface area contributed by atoms with Crippen LogP contribution in [-0.4, -0.2) is 39.6 Å². The van der Waals surface area contributed by atoms with E-state index in [-0.39, 0.29) is 5.54 Å². The van der Waals surface area contributed by atoms with Crippen LogP contribution in [0, 0.1) is 0 Å². The van der Waals surface area contributed by atoms with Crippen LogP contribution in [0.3, 0.4) is 0 Å². The van der Waals surface area contributed by atoms with Crippen LogP contribution in [0.25, 0.3) is 0 Å². The maximum absolute atomic E-state index is 4.52. The average molecular weight is 280 g/mol. The van der Waals surface area contributed by atoms with Crippen molar-refractivity contribution in [2.45, 2.75) is 45.8 Å². The third-order valence-electron chi connectivity index (χ3n) is 3.14. The molecule has 0 radical (unpaired) electrons. The van der Waals surface area contributed by atoms with E-state index in [1.807, 2.05) is 24.2 Å². The summed E-state index contributed by atoms with van der Waals surface area (Å²) in [5.41, 5.74) is 1.26. The van der Waals surface area contributed by atoms with Crippen LogP contribution in [-0.2, 0) is 6.54 Å². The number of aromatic nitrogens is 2. The van der Waals surface area contributed by atoms with Crippen LogP contribution in [0.2, 0.25) is 0 Å². The number of nitrogens with zero attached hydrogens (tertiary/aromatic N) is 3. The van der Waals surface area contributed by atoms with Crippen molar-refractivity contribution in [2.75, 3.05) is 23.0 Å². The summed E-state index contributed by atoms with van der Waals surface area (Å²) in [6.45, 7) is 10.6. The Bertz CT molecular complexity index is 399. The Morgan fingerprint density at radius 2 is 2.05 bits per heavy atom. The number of nitrogens with one attached hydrogen (secondary N) is 1. The second-order valence-electron chi connectivity index (χ2n) is 6.11. The predicted molar refractivity (Wildman–Crippen MR) is 82.8 cm³/mol. The van der Waals surface area contributed by atoms with Crippen LogP contribution < -0.4 is 10.2 Å². The third-order valence-corrected chi connectivity index (χ3v) is 4.33. The first-order valence-electron chi connectivity index (χ1n) is 6.86. The number of thioether (sulfide) groups is 1. The van der Waals surface area contributed by atoms with Crippen molar-refractivity contribution in [2.24, 2.45) is 0 Å². The fourth-order valence-electron chi connectivity index (χ4n) is 1.98. The fraction of sp³-hybridized carbons (Fsp3) is 0.714. The molecular formula is C14H24N4S. The summed E-state index contributed by atoms with van der Waals surface area (Å²) in [6.07, 6.45) is 3.88. The van der Waals surface area contributed by atoms with E-state index in [0.717, 1.165) is 30.4 Å². The molecule has 1 aliphatic rings. The molecule has 1 aromatic heterocycles. The van der Waals surface area contributed by atoms with Crippen LogP contribution in [0.1, 0.15) is 33.3 Å². The van der Waals surface area contributed by atoms with Crippen molar-refractivity contribution in [3.63, 3.8) is 0 Å². The second kappa shape index (κ2) is 6.09. The highest BCUT2D eigenvalue weighted by Crippen LogP contribution is 2.20. The summed E-state index contributed by atoms with van der Waals surface area (Å²) >= 11 is 2.01. The van der Waals surface area contributed by atoms with Gasteiger partial charge in [-0.2, -0.15) is 11.8 Å². The maximum atomic E-state index is 4.52. The Morgan fingerprint density at radius 3 is 2.63 bits per heavy atom. The van der Waals surface area contributed by atoms with Gasteiger partial charge in [-0.1, -0.05) is 0 Å². The van der Waals surface area contributed by atoms with E-state index in [1.165, 1.54) is 5.75 Å². The van der Waals surface area contributed by atoms with Crippen LogP contribution in [0.5, 0.6) is 0 Å². The van der Waals surface area contributed by atoms with Gasteiger partial charge in [0.15, 0.2) is 0 Å². The molecular weight excluding hydrogens is 256 g/mol. The minimum absolute atomic E-state index is 0.122. The first-order valence-corrected chi connectivity index (χ1v) is 8.01. The zero-order valence-corrected chi connectivity index (χ0v) is 13.1. The van der Waals surface area contributed by atoms with Gasteiger partial charge in [0.25, 0.3) is 0 Å². The van der Waals surface area contributed by atoms with Gasteiger partial charge in [0.1, 0.15) is 0 Å². The van der Waals surface area contributed by atoms with Gasteiger partial charge in [-0.15, -0.1) is 0 Å². The lowest BCUT2D eigenvalue weighted by Gasteiger charge is -2.33. The Hall–Kier alpha value is -0.810. The molecule has 1 aliphatic heterocycles. The van der Waals surface area contributed by atoms with Gasteiger partial charge in [0.05, 0.1) is 0 Å². The van der Waals surface area contributed by atoms with E-state index in [4.69, 9.17) is 0 Å². The Labute approximate surface area is 120 Å². The molecule has 19 heavy (non-hydrogen) atoms. The Balaban J connectivity index is 1.98. The van der Waals surface area contributed by atoms with Gasteiger partial charge in [0, 0.05) is 54.1 Å². The predicted octanol–water partition coefficient (Wildman–Crippen LogP) is 2.31. The highest BCUT2D eigenvalue weighted by atomic mass is 32.2. The molecule has 1 atom stereocenters. The van der Waals surface area contributed by atoms with Crippen LogP contribution >= 0.6 is 11.8 Å². The molecule has 0 amide bonds. The second-order valence-corrected chi connectivity index (χ2v) is 7.26. The van der Waals surface area contributed by atoms with Gasteiger partial charge in [-0.05, 0) is 27.7 Å². The maximum Gasteiger partial charge on any atom is 0.225 e. The lowest BCUT2D eigenvalue weighted by molar-refractivity contribution is 0.423. The summed E-state index contributed by atoms with van der Waals surface area (Å²) in [5, 5.41) is 3.45. The van der Waals surface area contributed by atoms with E-state index in [0.29, 0.717) is 6.04 Å². The van der Waals surface area contributed by atoms with Gasteiger partial charge >= 0.3 is 0 Å². The van der Waals surface area contributed by atoms with Crippen molar-refractivity contribution in [1.82, 2.24) is 15.3 Å². The molecule has 106 valence electrons. The summed E-state index contributed by atoms with van der Waals surface area (Å²) in [5.74, 6) is 3.20.